The van der Waals surface area contributed by atoms with Crippen LogP contribution in [0.5, 0.6) is 0 Å². The Hall–Kier alpha value is -2.82. The number of hydrogen-bond donors (Lipinski definition) is 0. The van der Waals surface area contributed by atoms with Crippen molar-refractivity contribution in [1.29, 1.82) is 0 Å². The fraction of sp³-hybridized carbons (Fsp3) is 0.125. The molecule has 0 N–H and O–H groups in total. The van der Waals surface area contributed by atoms with Gasteiger partial charge in [0.25, 0.3) is 0 Å². The lowest BCUT2D eigenvalue weighted by atomic mass is 10.1. The summed E-state index contributed by atoms with van der Waals surface area (Å²) in [7, 11) is 0. The van der Waals surface area contributed by atoms with Crippen LogP contribution in [0.1, 0.15) is 21.5 Å². The van der Waals surface area contributed by atoms with Crippen LogP contribution in [-0.2, 0) is 0 Å². The molecule has 0 fully saturated rings. The molecule has 0 atom stereocenters. The number of nitrogens with zero attached hydrogens (tertiary/aromatic N) is 4. The molecule has 0 amide bonds. The summed E-state index contributed by atoms with van der Waals surface area (Å²) in [6.45, 7) is 3.94. The molecule has 0 aliphatic carbocycles. The van der Waals surface area contributed by atoms with Gasteiger partial charge in [0.2, 0.25) is 0 Å². The zero-order valence-corrected chi connectivity index (χ0v) is 11.8. The molecular formula is C16H14N4O. The van der Waals surface area contributed by atoms with Gasteiger partial charge in [0, 0.05) is 30.4 Å². The van der Waals surface area contributed by atoms with E-state index in [0.29, 0.717) is 17.1 Å². The summed E-state index contributed by atoms with van der Waals surface area (Å²) in [5.74, 6) is 0.685. The third-order valence-electron chi connectivity index (χ3n) is 3.15. The minimum absolute atomic E-state index is 0.519. The van der Waals surface area contributed by atoms with Crippen LogP contribution in [0.4, 0.5) is 0 Å². The zero-order chi connectivity index (χ0) is 14.8. The maximum Gasteiger partial charge on any atom is 0.153 e. The van der Waals surface area contributed by atoms with Crippen LogP contribution in [0.2, 0.25) is 0 Å². The predicted molar refractivity (Wildman–Crippen MR) is 79.5 cm³/mol. The van der Waals surface area contributed by atoms with E-state index in [1.807, 2.05) is 32.0 Å². The highest BCUT2D eigenvalue weighted by atomic mass is 16.1. The smallest absolute Gasteiger partial charge is 0.153 e. The molecule has 0 radical (unpaired) electrons. The quantitative estimate of drug-likeness (QED) is 0.691. The van der Waals surface area contributed by atoms with E-state index in [4.69, 9.17) is 0 Å². The van der Waals surface area contributed by atoms with Gasteiger partial charge in [-0.15, -0.1) is 0 Å². The van der Waals surface area contributed by atoms with Gasteiger partial charge in [-0.05, 0) is 43.2 Å². The Labute approximate surface area is 122 Å². The molecule has 0 bridgehead atoms. The Morgan fingerprint density at radius 1 is 1.14 bits per heavy atom. The van der Waals surface area contributed by atoms with Crippen LogP contribution < -0.4 is 0 Å². The fourth-order valence-corrected chi connectivity index (χ4v) is 2.15. The molecule has 5 heteroatoms. The summed E-state index contributed by atoms with van der Waals surface area (Å²) in [5, 5.41) is 4.49. The molecule has 0 aromatic carbocycles. The number of pyridine rings is 2. The van der Waals surface area contributed by atoms with E-state index in [2.05, 4.69) is 15.1 Å². The average molecular weight is 278 g/mol. The topological polar surface area (TPSA) is 60.7 Å². The van der Waals surface area contributed by atoms with Crippen molar-refractivity contribution >= 4 is 6.29 Å². The van der Waals surface area contributed by atoms with Crippen LogP contribution in [0.15, 0.2) is 43.0 Å². The number of carbonyl (C=O) groups excluding carboxylic acids is 1. The van der Waals surface area contributed by atoms with Crippen molar-refractivity contribution in [2.45, 2.75) is 13.8 Å². The standard InChI is InChI=1S/C16H14N4O/c1-11-3-4-18-15(6-11)20-9-14(10-21)16(19-20)13-5-12(2)7-17-8-13/h3-10H,1-2H3. The molecule has 0 saturated carbocycles. The third-order valence-corrected chi connectivity index (χ3v) is 3.15. The van der Waals surface area contributed by atoms with Crippen LogP contribution in [0.25, 0.3) is 17.1 Å². The van der Waals surface area contributed by atoms with Crippen molar-refractivity contribution in [3.8, 4) is 17.1 Å². The van der Waals surface area contributed by atoms with Crippen molar-refractivity contribution in [2.75, 3.05) is 0 Å². The number of aryl methyl sites for hydroxylation is 2. The molecule has 0 spiro atoms. The molecule has 3 rings (SSSR count). The molecule has 5 nitrogen and oxygen atoms in total. The Kier molecular flexibility index (Phi) is 3.31. The maximum atomic E-state index is 11.3. The van der Waals surface area contributed by atoms with Gasteiger partial charge in [-0.1, -0.05) is 0 Å². The lowest BCUT2D eigenvalue weighted by Crippen LogP contribution is -1.98. The molecule has 0 aliphatic heterocycles. The van der Waals surface area contributed by atoms with Gasteiger partial charge in [0.05, 0.1) is 5.56 Å². The summed E-state index contributed by atoms with van der Waals surface area (Å²) in [5.41, 5.74) is 4.06. The highest BCUT2D eigenvalue weighted by Gasteiger charge is 2.12. The largest absolute Gasteiger partial charge is 0.298 e. The maximum absolute atomic E-state index is 11.3. The van der Waals surface area contributed by atoms with E-state index in [-0.39, 0.29) is 0 Å². The first-order chi connectivity index (χ1) is 10.2. The van der Waals surface area contributed by atoms with Gasteiger partial charge in [0.15, 0.2) is 12.1 Å². The summed E-state index contributed by atoms with van der Waals surface area (Å²) in [4.78, 5) is 19.7. The van der Waals surface area contributed by atoms with Gasteiger partial charge < -0.3 is 0 Å². The number of aldehydes is 1. The lowest BCUT2D eigenvalue weighted by molar-refractivity contribution is 0.112. The SMILES string of the molecule is Cc1cncc(-c2nn(-c3cc(C)ccn3)cc2C=O)c1. The molecule has 21 heavy (non-hydrogen) atoms. The molecule has 0 aliphatic rings. The Morgan fingerprint density at radius 3 is 2.71 bits per heavy atom. The van der Waals surface area contributed by atoms with Gasteiger partial charge in [-0.2, -0.15) is 5.10 Å². The summed E-state index contributed by atoms with van der Waals surface area (Å²) < 4.78 is 1.62. The number of aromatic nitrogens is 4. The predicted octanol–water partition coefficient (Wildman–Crippen LogP) is 2.76. The minimum atomic E-state index is 0.519. The van der Waals surface area contributed by atoms with Gasteiger partial charge >= 0.3 is 0 Å². The van der Waals surface area contributed by atoms with E-state index in [9.17, 15) is 4.79 Å². The van der Waals surface area contributed by atoms with E-state index < -0.39 is 0 Å². The van der Waals surface area contributed by atoms with Crippen molar-refractivity contribution in [3.63, 3.8) is 0 Å². The first-order valence-electron chi connectivity index (χ1n) is 6.57. The first kappa shape index (κ1) is 13.2. The summed E-state index contributed by atoms with van der Waals surface area (Å²) in [6.07, 6.45) is 7.68. The number of hydrogen-bond acceptors (Lipinski definition) is 4. The van der Waals surface area contributed by atoms with Gasteiger partial charge in [-0.3, -0.25) is 9.78 Å². The molecule has 0 saturated heterocycles. The van der Waals surface area contributed by atoms with Crippen LogP contribution >= 0.6 is 0 Å². The number of rotatable bonds is 3. The highest BCUT2D eigenvalue weighted by molar-refractivity contribution is 5.85. The summed E-state index contributed by atoms with van der Waals surface area (Å²) >= 11 is 0. The monoisotopic (exact) mass is 278 g/mol. The van der Waals surface area contributed by atoms with Crippen LogP contribution in [0, 0.1) is 13.8 Å². The highest BCUT2D eigenvalue weighted by Crippen LogP contribution is 2.22. The van der Waals surface area contributed by atoms with Gasteiger partial charge in [0.1, 0.15) is 5.69 Å². The molecular weight excluding hydrogens is 264 g/mol. The van der Waals surface area contributed by atoms with Crippen LogP contribution in [-0.4, -0.2) is 26.0 Å². The van der Waals surface area contributed by atoms with Crippen molar-refractivity contribution in [1.82, 2.24) is 19.7 Å². The van der Waals surface area contributed by atoms with E-state index in [1.54, 1.807) is 29.5 Å². The Balaban J connectivity index is 2.13. The molecule has 3 aromatic heterocycles. The second-order valence-electron chi connectivity index (χ2n) is 4.94. The minimum Gasteiger partial charge on any atom is -0.298 e. The number of carbonyl (C=O) groups is 1. The van der Waals surface area contributed by atoms with Crippen LogP contribution in [0.3, 0.4) is 0 Å². The lowest BCUT2D eigenvalue weighted by Gasteiger charge is -2.01. The second-order valence-corrected chi connectivity index (χ2v) is 4.94. The Bertz CT molecular complexity index is 808. The van der Waals surface area contributed by atoms with Gasteiger partial charge in [-0.25, -0.2) is 9.67 Å². The first-order valence-corrected chi connectivity index (χ1v) is 6.57. The average Bonchev–Trinajstić information content (AvgIpc) is 2.91. The van der Waals surface area contributed by atoms with Crippen molar-refractivity contribution in [2.24, 2.45) is 0 Å². The normalized spacial score (nSPS) is 10.6. The molecule has 3 aromatic rings. The van der Waals surface area contributed by atoms with Crippen molar-refractivity contribution in [3.05, 3.63) is 59.7 Å². The molecule has 0 unspecified atom stereocenters. The molecule has 104 valence electrons. The molecule has 3 heterocycles. The van der Waals surface area contributed by atoms with E-state index >= 15 is 0 Å². The van der Waals surface area contributed by atoms with E-state index in [0.717, 1.165) is 23.0 Å². The van der Waals surface area contributed by atoms with Crippen molar-refractivity contribution < 1.29 is 4.79 Å². The van der Waals surface area contributed by atoms with E-state index in [1.165, 1.54) is 0 Å². The third kappa shape index (κ3) is 2.58. The second kappa shape index (κ2) is 5.28. The fourth-order valence-electron chi connectivity index (χ4n) is 2.15. The Morgan fingerprint density at radius 2 is 2.00 bits per heavy atom. The zero-order valence-electron chi connectivity index (χ0n) is 11.8. The summed E-state index contributed by atoms with van der Waals surface area (Å²) in [6, 6.07) is 5.79.